The predicted molar refractivity (Wildman–Crippen MR) is 75.3 cm³/mol. The van der Waals surface area contributed by atoms with Gasteiger partial charge in [0.15, 0.2) is 0 Å². The van der Waals surface area contributed by atoms with Crippen LogP contribution in [0.4, 0.5) is 0 Å². The molecule has 1 heterocycles. The Morgan fingerprint density at radius 3 is 2.68 bits per heavy atom. The number of likely N-dealkylation sites (N-methyl/N-ethyl adjacent to an activating group) is 1. The van der Waals surface area contributed by atoms with Crippen molar-refractivity contribution in [2.75, 3.05) is 13.1 Å². The summed E-state index contributed by atoms with van der Waals surface area (Å²) < 4.78 is 1.86. The highest BCUT2D eigenvalue weighted by atomic mass is 15.4. The maximum atomic E-state index is 5.52. The third kappa shape index (κ3) is 4.15. The van der Waals surface area contributed by atoms with Crippen LogP contribution in [0.2, 0.25) is 0 Å². The van der Waals surface area contributed by atoms with Gasteiger partial charge < -0.3 is 5.73 Å². The van der Waals surface area contributed by atoms with Gasteiger partial charge in [0, 0.05) is 25.8 Å². The predicted octanol–water partition coefficient (Wildman–Crippen LogP) is 1.26. The lowest BCUT2D eigenvalue weighted by molar-refractivity contribution is 0.262. The number of hydrogen-bond acceptors (Lipinski definition) is 4. The molecular formula is C14H21N5. The molecule has 0 aliphatic carbocycles. The van der Waals surface area contributed by atoms with E-state index in [1.807, 2.05) is 16.9 Å². The molecule has 1 aromatic heterocycles. The third-order valence-electron chi connectivity index (χ3n) is 3.14. The molecule has 0 radical (unpaired) electrons. The molecule has 0 unspecified atom stereocenters. The second-order valence-corrected chi connectivity index (χ2v) is 4.53. The number of nitrogens with two attached hydrogens (primary N) is 1. The number of benzene rings is 1. The number of aromatic nitrogens is 3. The maximum Gasteiger partial charge on any atom is 0.0962 e. The summed E-state index contributed by atoms with van der Waals surface area (Å²) in [7, 11) is 0. The quantitative estimate of drug-likeness (QED) is 0.813. The van der Waals surface area contributed by atoms with E-state index in [9.17, 15) is 0 Å². The zero-order chi connectivity index (χ0) is 13.5. The van der Waals surface area contributed by atoms with Gasteiger partial charge in [-0.3, -0.25) is 9.58 Å². The van der Waals surface area contributed by atoms with Gasteiger partial charge in [0.2, 0.25) is 0 Å². The Hall–Kier alpha value is -1.72. The van der Waals surface area contributed by atoms with Crippen LogP contribution < -0.4 is 5.73 Å². The number of hydrogen-bond donors (Lipinski definition) is 1. The fourth-order valence-electron chi connectivity index (χ4n) is 1.98. The lowest BCUT2D eigenvalue weighted by Gasteiger charge is -2.20. The average molecular weight is 259 g/mol. The molecule has 0 bridgehead atoms. The Bertz CT molecular complexity index is 480. The SMILES string of the molecule is CCN(CCn1cc(CN)nn1)Cc1ccccc1. The molecule has 2 aromatic rings. The van der Waals surface area contributed by atoms with Gasteiger partial charge in [0.25, 0.3) is 0 Å². The number of nitrogens with zero attached hydrogens (tertiary/aromatic N) is 4. The first kappa shape index (κ1) is 13.7. The molecule has 0 aliphatic heterocycles. The first-order valence-electron chi connectivity index (χ1n) is 6.67. The van der Waals surface area contributed by atoms with Crippen LogP contribution in [0.25, 0.3) is 0 Å². The summed E-state index contributed by atoms with van der Waals surface area (Å²) in [6.07, 6.45) is 1.91. The molecule has 102 valence electrons. The minimum Gasteiger partial charge on any atom is -0.325 e. The summed E-state index contributed by atoms with van der Waals surface area (Å²) in [6, 6.07) is 10.5. The first-order valence-corrected chi connectivity index (χ1v) is 6.67. The van der Waals surface area contributed by atoms with Crippen molar-refractivity contribution in [2.24, 2.45) is 5.73 Å². The monoisotopic (exact) mass is 259 g/mol. The molecule has 0 atom stereocenters. The van der Waals surface area contributed by atoms with E-state index in [0.717, 1.165) is 31.9 Å². The zero-order valence-electron chi connectivity index (χ0n) is 11.4. The van der Waals surface area contributed by atoms with Crippen LogP contribution in [-0.2, 0) is 19.6 Å². The van der Waals surface area contributed by atoms with E-state index in [1.54, 1.807) is 0 Å². The van der Waals surface area contributed by atoms with E-state index < -0.39 is 0 Å². The second-order valence-electron chi connectivity index (χ2n) is 4.53. The van der Waals surface area contributed by atoms with Crippen LogP contribution in [0.15, 0.2) is 36.5 Å². The summed E-state index contributed by atoms with van der Waals surface area (Å²) >= 11 is 0. The fraction of sp³-hybridized carbons (Fsp3) is 0.429. The van der Waals surface area contributed by atoms with Gasteiger partial charge in [0.05, 0.1) is 12.2 Å². The minimum absolute atomic E-state index is 0.446. The first-order chi connectivity index (χ1) is 9.31. The molecule has 0 aliphatic rings. The summed E-state index contributed by atoms with van der Waals surface area (Å²) in [6.45, 7) is 6.41. The van der Waals surface area contributed by atoms with Crippen molar-refractivity contribution in [1.82, 2.24) is 19.9 Å². The van der Waals surface area contributed by atoms with Crippen molar-refractivity contribution in [2.45, 2.75) is 26.6 Å². The van der Waals surface area contributed by atoms with E-state index in [1.165, 1.54) is 5.56 Å². The molecule has 2 N–H and O–H groups in total. The minimum atomic E-state index is 0.446. The van der Waals surface area contributed by atoms with Crippen molar-refractivity contribution in [3.8, 4) is 0 Å². The average Bonchev–Trinajstić information content (AvgIpc) is 2.92. The van der Waals surface area contributed by atoms with Crippen molar-refractivity contribution >= 4 is 0 Å². The summed E-state index contributed by atoms with van der Waals surface area (Å²) in [4.78, 5) is 2.39. The van der Waals surface area contributed by atoms with Crippen LogP contribution in [0.1, 0.15) is 18.2 Å². The molecule has 2 rings (SSSR count). The summed E-state index contributed by atoms with van der Waals surface area (Å²) in [5, 5.41) is 8.05. The van der Waals surface area contributed by atoms with Gasteiger partial charge in [-0.1, -0.05) is 42.5 Å². The molecule has 0 saturated heterocycles. The van der Waals surface area contributed by atoms with Crippen molar-refractivity contribution < 1.29 is 0 Å². The Balaban J connectivity index is 1.85. The van der Waals surface area contributed by atoms with Crippen LogP contribution in [0, 0.1) is 0 Å². The van der Waals surface area contributed by atoms with E-state index in [2.05, 4.69) is 46.4 Å². The Labute approximate surface area is 114 Å². The molecule has 0 amide bonds. The lowest BCUT2D eigenvalue weighted by atomic mass is 10.2. The second kappa shape index (κ2) is 7.01. The van der Waals surface area contributed by atoms with E-state index in [4.69, 9.17) is 5.73 Å². The lowest BCUT2D eigenvalue weighted by Crippen LogP contribution is -2.27. The topological polar surface area (TPSA) is 60.0 Å². The zero-order valence-corrected chi connectivity index (χ0v) is 11.4. The van der Waals surface area contributed by atoms with Gasteiger partial charge in [-0.05, 0) is 12.1 Å². The molecule has 19 heavy (non-hydrogen) atoms. The third-order valence-corrected chi connectivity index (χ3v) is 3.14. The highest BCUT2D eigenvalue weighted by Crippen LogP contribution is 2.04. The highest BCUT2D eigenvalue weighted by molar-refractivity contribution is 5.14. The van der Waals surface area contributed by atoms with Gasteiger partial charge in [-0.15, -0.1) is 5.10 Å². The van der Waals surface area contributed by atoms with Crippen molar-refractivity contribution in [3.05, 3.63) is 47.8 Å². The van der Waals surface area contributed by atoms with Gasteiger partial charge in [0.1, 0.15) is 0 Å². The van der Waals surface area contributed by atoms with Crippen LogP contribution in [0.5, 0.6) is 0 Å². The van der Waals surface area contributed by atoms with Crippen LogP contribution >= 0.6 is 0 Å². The highest BCUT2D eigenvalue weighted by Gasteiger charge is 2.05. The van der Waals surface area contributed by atoms with E-state index in [-0.39, 0.29) is 0 Å². The smallest absolute Gasteiger partial charge is 0.0962 e. The molecule has 1 aromatic carbocycles. The standard InChI is InChI=1S/C14H21N5/c1-2-18(11-13-6-4-3-5-7-13)8-9-19-12-14(10-15)16-17-19/h3-7,12H,2,8-11,15H2,1H3. The van der Waals surface area contributed by atoms with Gasteiger partial charge in [-0.25, -0.2) is 0 Å². The molecule has 5 heteroatoms. The fourth-order valence-corrected chi connectivity index (χ4v) is 1.98. The van der Waals surface area contributed by atoms with Gasteiger partial charge >= 0.3 is 0 Å². The van der Waals surface area contributed by atoms with Crippen molar-refractivity contribution in [1.29, 1.82) is 0 Å². The Morgan fingerprint density at radius 2 is 2.05 bits per heavy atom. The Kier molecular flexibility index (Phi) is 5.06. The van der Waals surface area contributed by atoms with Crippen molar-refractivity contribution in [3.63, 3.8) is 0 Å². The number of rotatable bonds is 7. The summed E-state index contributed by atoms with van der Waals surface area (Å²) in [5.41, 5.74) is 7.70. The summed E-state index contributed by atoms with van der Waals surface area (Å²) in [5.74, 6) is 0. The van der Waals surface area contributed by atoms with Crippen LogP contribution in [-0.4, -0.2) is 33.0 Å². The van der Waals surface area contributed by atoms with Crippen LogP contribution in [0.3, 0.4) is 0 Å². The molecular weight excluding hydrogens is 238 g/mol. The molecule has 5 nitrogen and oxygen atoms in total. The maximum absolute atomic E-state index is 5.52. The molecule has 0 spiro atoms. The Morgan fingerprint density at radius 1 is 1.26 bits per heavy atom. The largest absolute Gasteiger partial charge is 0.325 e. The molecule has 0 saturated carbocycles. The normalized spacial score (nSPS) is 11.1. The van der Waals surface area contributed by atoms with E-state index in [0.29, 0.717) is 6.54 Å². The molecule has 0 fully saturated rings. The van der Waals surface area contributed by atoms with E-state index >= 15 is 0 Å². The van der Waals surface area contributed by atoms with Gasteiger partial charge in [-0.2, -0.15) is 0 Å².